The number of nitrogen functional groups attached to an aromatic ring is 1. The number of carbonyl (C=O) groups is 1. The van der Waals surface area contributed by atoms with Gasteiger partial charge in [-0.2, -0.15) is 18.3 Å². The van der Waals surface area contributed by atoms with Gasteiger partial charge >= 0.3 is 6.18 Å². The number of carbonyl (C=O) groups excluding carboxylic acids is 1. The SMILES string of the molecule is Nc1ccc(NC(=O)Cn2ccc(C(F)(F)F)n2)c(Cl)c1. The Bertz CT molecular complexity index is 669. The summed E-state index contributed by atoms with van der Waals surface area (Å²) in [4.78, 5) is 11.7. The number of halogens is 4. The van der Waals surface area contributed by atoms with Gasteiger partial charge in [-0.1, -0.05) is 11.6 Å². The summed E-state index contributed by atoms with van der Waals surface area (Å²) in [6, 6.07) is 5.28. The van der Waals surface area contributed by atoms with E-state index in [0.29, 0.717) is 11.4 Å². The lowest BCUT2D eigenvalue weighted by molar-refractivity contribution is -0.141. The lowest BCUT2D eigenvalue weighted by atomic mass is 10.3. The number of benzene rings is 1. The minimum atomic E-state index is -4.54. The number of amides is 1. The monoisotopic (exact) mass is 318 g/mol. The second-order valence-electron chi connectivity index (χ2n) is 4.18. The first-order valence-corrected chi connectivity index (χ1v) is 6.09. The number of nitrogens with zero attached hydrogens (tertiary/aromatic N) is 2. The molecule has 0 radical (unpaired) electrons. The lowest BCUT2D eigenvalue weighted by Crippen LogP contribution is -2.20. The van der Waals surface area contributed by atoms with E-state index in [1.807, 2.05) is 0 Å². The molecule has 2 aromatic rings. The molecule has 0 aliphatic heterocycles. The fraction of sp³-hybridized carbons (Fsp3) is 0.167. The predicted molar refractivity (Wildman–Crippen MR) is 71.7 cm³/mol. The van der Waals surface area contributed by atoms with E-state index in [9.17, 15) is 18.0 Å². The maximum absolute atomic E-state index is 12.4. The molecule has 1 amide bonds. The summed E-state index contributed by atoms with van der Waals surface area (Å²) in [5.41, 5.74) is 5.20. The fourth-order valence-corrected chi connectivity index (χ4v) is 1.81. The highest BCUT2D eigenvalue weighted by Crippen LogP contribution is 2.27. The van der Waals surface area contributed by atoms with E-state index >= 15 is 0 Å². The van der Waals surface area contributed by atoms with Crippen molar-refractivity contribution in [2.45, 2.75) is 12.7 Å². The summed E-state index contributed by atoms with van der Waals surface area (Å²) in [6.07, 6.45) is -3.46. The highest BCUT2D eigenvalue weighted by atomic mass is 35.5. The highest BCUT2D eigenvalue weighted by molar-refractivity contribution is 6.34. The topological polar surface area (TPSA) is 72.9 Å². The van der Waals surface area contributed by atoms with Crippen LogP contribution in [0.15, 0.2) is 30.5 Å². The Hall–Kier alpha value is -2.22. The Morgan fingerprint density at radius 3 is 2.67 bits per heavy atom. The molecule has 0 aliphatic rings. The molecule has 1 aromatic carbocycles. The molecule has 0 spiro atoms. The van der Waals surface area contributed by atoms with Crippen molar-refractivity contribution >= 4 is 28.9 Å². The minimum absolute atomic E-state index is 0.236. The number of aromatic nitrogens is 2. The van der Waals surface area contributed by atoms with Crippen molar-refractivity contribution in [2.24, 2.45) is 0 Å². The first-order chi connectivity index (χ1) is 9.75. The van der Waals surface area contributed by atoms with Gasteiger partial charge in [0.1, 0.15) is 6.54 Å². The average molecular weight is 319 g/mol. The number of anilines is 2. The molecule has 0 saturated carbocycles. The standard InChI is InChI=1S/C12H10ClF3N4O/c13-8-5-7(17)1-2-9(8)18-11(21)6-20-4-3-10(19-20)12(14,15)16/h1-5H,6,17H2,(H,18,21). The van der Waals surface area contributed by atoms with E-state index in [1.54, 1.807) is 0 Å². The van der Waals surface area contributed by atoms with Gasteiger partial charge in [0.05, 0.1) is 10.7 Å². The molecule has 0 aliphatic carbocycles. The smallest absolute Gasteiger partial charge is 0.399 e. The maximum atomic E-state index is 12.4. The van der Waals surface area contributed by atoms with Crippen molar-refractivity contribution in [1.29, 1.82) is 0 Å². The highest BCUT2D eigenvalue weighted by Gasteiger charge is 2.33. The molecule has 0 unspecified atom stereocenters. The number of hydrogen-bond donors (Lipinski definition) is 2. The summed E-state index contributed by atoms with van der Waals surface area (Å²) >= 11 is 5.87. The van der Waals surface area contributed by atoms with Crippen LogP contribution in [0, 0.1) is 0 Å². The minimum Gasteiger partial charge on any atom is -0.399 e. The second kappa shape index (κ2) is 5.65. The molecule has 1 heterocycles. The molecule has 112 valence electrons. The van der Waals surface area contributed by atoms with Crippen molar-refractivity contribution < 1.29 is 18.0 Å². The molecule has 0 saturated heterocycles. The summed E-state index contributed by atoms with van der Waals surface area (Å²) in [7, 11) is 0. The van der Waals surface area contributed by atoms with Crippen LogP contribution in [0.1, 0.15) is 5.69 Å². The van der Waals surface area contributed by atoms with Gasteiger partial charge in [0.15, 0.2) is 5.69 Å². The first kappa shape index (κ1) is 15.2. The van der Waals surface area contributed by atoms with Crippen LogP contribution in [0.2, 0.25) is 5.02 Å². The Morgan fingerprint density at radius 2 is 2.10 bits per heavy atom. The van der Waals surface area contributed by atoms with Crippen molar-refractivity contribution in [3.63, 3.8) is 0 Å². The van der Waals surface area contributed by atoms with E-state index in [4.69, 9.17) is 17.3 Å². The van der Waals surface area contributed by atoms with Crippen LogP contribution in [0.5, 0.6) is 0 Å². The Kier molecular flexibility index (Phi) is 4.08. The Morgan fingerprint density at radius 1 is 1.38 bits per heavy atom. The third-order valence-electron chi connectivity index (χ3n) is 2.50. The van der Waals surface area contributed by atoms with Crippen LogP contribution in [-0.2, 0) is 17.5 Å². The van der Waals surface area contributed by atoms with Gasteiger partial charge in [-0.15, -0.1) is 0 Å². The van der Waals surface area contributed by atoms with Gasteiger partial charge in [-0.3, -0.25) is 9.48 Å². The van der Waals surface area contributed by atoms with Crippen molar-refractivity contribution in [3.8, 4) is 0 Å². The lowest BCUT2D eigenvalue weighted by Gasteiger charge is -2.08. The van der Waals surface area contributed by atoms with Crippen LogP contribution in [-0.4, -0.2) is 15.7 Å². The predicted octanol–water partition coefficient (Wildman–Crippen LogP) is 2.78. The van der Waals surface area contributed by atoms with E-state index in [2.05, 4.69) is 10.4 Å². The Balaban J connectivity index is 2.03. The second-order valence-corrected chi connectivity index (χ2v) is 4.59. The van der Waals surface area contributed by atoms with Crippen LogP contribution in [0.25, 0.3) is 0 Å². The number of hydrogen-bond acceptors (Lipinski definition) is 3. The van der Waals surface area contributed by atoms with Crippen molar-refractivity contribution in [3.05, 3.63) is 41.2 Å². The van der Waals surface area contributed by atoms with E-state index in [1.165, 1.54) is 18.2 Å². The van der Waals surface area contributed by atoms with Gasteiger partial charge in [0.25, 0.3) is 0 Å². The molecule has 5 nitrogen and oxygen atoms in total. The van der Waals surface area contributed by atoms with Gasteiger partial charge in [0.2, 0.25) is 5.91 Å². The number of nitrogens with one attached hydrogen (secondary N) is 1. The molecule has 0 bridgehead atoms. The van der Waals surface area contributed by atoms with E-state index < -0.39 is 17.8 Å². The maximum Gasteiger partial charge on any atom is 0.435 e. The molecule has 21 heavy (non-hydrogen) atoms. The fourth-order valence-electron chi connectivity index (χ4n) is 1.57. The zero-order chi connectivity index (χ0) is 15.6. The molecular formula is C12H10ClF3N4O. The first-order valence-electron chi connectivity index (χ1n) is 5.71. The molecule has 2 rings (SSSR count). The molecule has 9 heteroatoms. The largest absolute Gasteiger partial charge is 0.435 e. The zero-order valence-electron chi connectivity index (χ0n) is 10.5. The van der Waals surface area contributed by atoms with Gasteiger partial charge in [-0.05, 0) is 24.3 Å². The molecule has 3 N–H and O–H groups in total. The van der Waals surface area contributed by atoms with Crippen LogP contribution < -0.4 is 11.1 Å². The van der Waals surface area contributed by atoms with Gasteiger partial charge < -0.3 is 11.1 Å². The third kappa shape index (κ3) is 3.88. The van der Waals surface area contributed by atoms with Gasteiger partial charge in [0, 0.05) is 11.9 Å². The summed E-state index contributed by atoms with van der Waals surface area (Å²) < 4.78 is 38.0. The molecule has 0 atom stereocenters. The van der Waals surface area contributed by atoms with Gasteiger partial charge in [-0.25, -0.2) is 0 Å². The average Bonchev–Trinajstić information content (AvgIpc) is 2.81. The number of rotatable bonds is 3. The van der Waals surface area contributed by atoms with Crippen LogP contribution in [0.3, 0.4) is 0 Å². The van der Waals surface area contributed by atoms with E-state index in [0.717, 1.165) is 16.9 Å². The molecule has 0 fully saturated rings. The molecular weight excluding hydrogens is 309 g/mol. The zero-order valence-corrected chi connectivity index (χ0v) is 11.2. The van der Waals surface area contributed by atoms with Crippen molar-refractivity contribution in [2.75, 3.05) is 11.1 Å². The quantitative estimate of drug-likeness (QED) is 0.855. The van der Waals surface area contributed by atoms with E-state index in [-0.39, 0.29) is 11.6 Å². The summed E-state index contributed by atoms with van der Waals surface area (Å²) in [5.74, 6) is -0.557. The number of nitrogens with two attached hydrogens (primary N) is 1. The summed E-state index contributed by atoms with van der Waals surface area (Å²) in [5, 5.41) is 5.98. The third-order valence-corrected chi connectivity index (χ3v) is 2.82. The molecule has 1 aromatic heterocycles. The summed E-state index contributed by atoms with van der Waals surface area (Å²) in [6.45, 7) is -0.364. The normalized spacial score (nSPS) is 11.4. The van der Waals surface area contributed by atoms with Crippen LogP contribution >= 0.6 is 11.6 Å². The van der Waals surface area contributed by atoms with Crippen molar-refractivity contribution in [1.82, 2.24) is 9.78 Å². The van der Waals surface area contributed by atoms with Crippen LogP contribution in [0.4, 0.5) is 24.5 Å². The number of alkyl halides is 3. The Labute approximate surface area is 122 Å².